The quantitative estimate of drug-likeness (QED) is 0.477. The Hall–Kier alpha value is -3.37. The minimum atomic E-state index is -3.34. The van der Waals surface area contributed by atoms with Crippen LogP contribution in [0.5, 0.6) is 0 Å². The Morgan fingerprint density at radius 2 is 1.04 bits per heavy atom. The van der Waals surface area contributed by atoms with Crippen LogP contribution in [0.15, 0.2) is 95.6 Å². The highest BCUT2D eigenvalue weighted by molar-refractivity contribution is 7.76. The first-order valence-corrected chi connectivity index (χ1v) is 10.1. The van der Waals surface area contributed by atoms with Gasteiger partial charge in [0.05, 0.1) is 16.7 Å². The van der Waals surface area contributed by atoms with Crippen molar-refractivity contribution < 1.29 is 9.19 Å². The summed E-state index contributed by atoms with van der Waals surface area (Å²) in [4.78, 5) is 0. The first kappa shape index (κ1) is 15.9. The van der Waals surface area contributed by atoms with Crippen molar-refractivity contribution in [1.29, 1.82) is 0 Å². The van der Waals surface area contributed by atoms with Crippen LogP contribution in [0, 0.1) is 0 Å². The van der Waals surface area contributed by atoms with E-state index in [4.69, 9.17) is 4.63 Å². The zero-order valence-corrected chi connectivity index (χ0v) is 15.1. The number of anilines is 4. The van der Waals surface area contributed by atoms with E-state index in [1.54, 1.807) is 9.34 Å². The molecule has 6 nitrogen and oxygen atoms in total. The van der Waals surface area contributed by atoms with Crippen LogP contribution in [0.3, 0.4) is 0 Å². The second kappa shape index (κ2) is 6.11. The Labute approximate surface area is 156 Å². The highest BCUT2D eigenvalue weighted by Gasteiger charge is 2.52. The molecule has 1 aliphatic rings. The maximum Gasteiger partial charge on any atom is 0.304 e. The molecule has 4 aromatic rings. The zero-order valence-electron chi connectivity index (χ0n) is 14.2. The first-order chi connectivity index (χ1) is 13.3. The zero-order chi connectivity index (χ0) is 18.3. The van der Waals surface area contributed by atoms with E-state index in [-0.39, 0.29) is 0 Å². The van der Waals surface area contributed by atoms with Crippen molar-refractivity contribution in [2.75, 3.05) is 9.34 Å². The van der Waals surface area contributed by atoms with Gasteiger partial charge in [-0.25, -0.2) is 14.0 Å². The lowest BCUT2D eigenvalue weighted by molar-refractivity contribution is 0.309. The van der Waals surface area contributed by atoms with E-state index in [0.29, 0.717) is 16.9 Å². The van der Waals surface area contributed by atoms with Gasteiger partial charge in [-0.3, -0.25) is 4.57 Å². The SMILES string of the molecule is O=P1(c2ccccc2)N(c2ccccc2)c2nonc2N1c1ccccc1. The summed E-state index contributed by atoms with van der Waals surface area (Å²) in [5, 5.41) is 8.85. The Balaban J connectivity index is 1.82. The van der Waals surface area contributed by atoms with Gasteiger partial charge < -0.3 is 0 Å². The number of fused-ring (bicyclic) bond motifs is 1. The Morgan fingerprint density at radius 3 is 1.48 bits per heavy atom. The fraction of sp³-hybridized carbons (Fsp3) is 0. The van der Waals surface area contributed by atoms with Crippen LogP contribution in [-0.2, 0) is 4.57 Å². The number of hydrogen-bond acceptors (Lipinski definition) is 4. The fourth-order valence-corrected chi connectivity index (χ4v) is 6.20. The molecule has 0 N–H and O–H groups in total. The predicted octanol–water partition coefficient (Wildman–Crippen LogP) is 4.88. The molecule has 0 atom stereocenters. The highest BCUT2D eigenvalue weighted by Crippen LogP contribution is 2.68. The Kier molecular flexibility index (Phi) is 3.59. The van der Waals surface area contributed by atoms with Crippen LogP contribution in [0.4, 0.5) is 23.0 Å². The molecule has 2 heterocycles. The summed E-state index contributed by atoms with van der Waals surface area (Å²) in [6.45, 7) is 0. The maximum absolute atomic E-state index is 14.7. The molecule has 5 rings (SSSR count). The summed E-state index contributed by atoms with van der Waals surface area (Å²) < 4.78 is 23.2. The van der Waals surface area contributed by atoms with Gasteiger partial charge >= 0.3 is 7.44 Å². The van der Waals surface area contributed by atoms with Crippen molar-refractivity contribution in [3.05, 3.63) is 91.0 Å². The van der Waals surface area contributed by atoms with Gasteiger partial charge in [0.25, 0.3) is 0 Å². The van der Waals surface area contributed by atoms with Crippen LogP contribution in [-0.4, -0.2) is 10.3 Å². The molecule has 0 radical (unpaired) electrons. The predicted molar refractivity (Wildman–Crippen MR) is 105 cm³/mol. The average Bonchev–Trinajstić information content (AvgIpc) is 3.28. The van der Waals surface area contributed by atoms with Crippen molar-refractivity contribution in [3.63, 3.8) is 0 Å². The number of rotatable bonds is 3. The molecule has 0 bridgehead atoms. The number of para-hydroxylation sites is 2. The molecule has 1 aliphatic heterocycles. The summed E-state index contributed by atoms with van der Waals surface area (Å²) in [6.07, 6.45) is 0. The standard InChI is InChI=1S/C20H15N4O2P/c25-27(18-14-8-3-9-15-18)23(16-10-4-1-5-11-16)19-20(22-26-21-19)24(27)17-12-6-2-7-13-17/h1-15H. The maximum atomic E-state index is 14.7. The second-order valence-corrected chi connectivity index (χ2v) is 8.49. The van der Waals surface area contributed by atoms with Gasteiger partial charge in [-0.15, -0.1) is 0 Å². The average molecular weight is 374 g/mol. The lowest BCUT2D eigenvalue weighted by Crippen LogP contribution is -2.27. The van der Waals surface area contributed by atoms with Crippen molar-refractivity contribution in [1.82, 2.24) is 10.3 Å². The minimum absolute atomic E-state index is 0.442. The molecule has 132 valence electrons. The Morgan fingerprint density at radius 1 is 0.630 bits per heavy atom. The summed E-state index contributed by atoms with van der Waals surface area (Å²) >= 11 is 0. The van der Waals surface area contributed by atoms with E-state index < -0.39 is 7.44 Å². The minimum Gasteiger partial charge on any atom is -0.269 e. The molecule has 27 heavy (non-hydrogen) atoms. The third-order valence-corrected chi connectivity index (χ3v) is 7.39. The molecular weight excluding hydrogens is 359 g/mol. The van der Waals surface area contributed by atoms with E-state index in [9.17, 15) is 4.57 Å². The summed E-state index contributed by atoms with van der Waals surface area (Å²) in [7, 11) is -3.34. The van der Waals surface area contributed by atoms with Crippen molar-refractivity contribution in [2.45, 2.75) is 0 Å². The summed E-state index contributed by atoms with van der Waals surface area (Å²) in [6, 6.07) is 28.5. The summed E-state index contributed by atoms with van der Waals surface area (Å²) in [5.74, 6) is 0.884. The lowest BCUT2D eigenvalue weighted by atomic mass is 10.3. The van der Waals surface area contributed by atoms with Crippen LogP contribution in [0.25, 0.3) is 0 Å². The summed E-state index contributed by atoms with van der Waals surface area (Å²) in [5.41, 5.74) is 1.53. The number of benzene rings is 3. The molecule has 3 aromatic carbocycles. The lowest BCUT2D eigenvalue weighted by Gasteiger charge is -2.32. The van der Waals surface area contributed by atoms with Crippen LogP contribution >= 0.6 is 7.44 Å². The van der Waals surface area contributed by atoms with Crippen molar-refractivity contribution in [3.8, 4) is 0 Å². The number of hydrogen-bond donors (Lipinski definition) is 0. The first-order valence-electron chi connectivity index (χ1n) is 8.50. The smallest absolute Gasteiger partial charge is 0.269 e. The molecular formula is C20H15N4O2P. The van der Waals surface area contributed by atoms with Crippen LogP contribution < -0.4 is 14.6 Å². The van der Waals surface area contributed by atoms with E-state index in [1.807, 2.05) is 91.0 Å². The molecule has 0 fully saturated rings. The fourth-order valence-electron chi connectivity index (χ4n) is 3.34. The topological polar surface area (TPSA) is 62.5 Å². The van der Waals surface area contributed by atoms with Crippen molar-refractivity contribution >= 4 is 35.8 Å². The van der Waals surface area contributed by atoms with Gasteiger partial charge in [0.1, 0.15) is 0 Å². The van der Waals surface area contributed by atoms with Gasteiger partial charge in [-0.1, -0.05) is 54.6 Å². The normalized spacial score (nSPS) is 15.0. The third-order valence-electron chi connectivity index (χ3n) is 4.49. The molecule has 1 aromatic heterocycles. The van der Waals surface area contributed by atoms with Gasteiger partial charge in [-0.05, 0) is 46.7 Å². The van der Waals surface area contributed by atoms with E-state index >= 15 is 0 Å². The van der Waals surface area contributed by atoms with Crippen LogP contribution in [0.2, 0.25) is 0 Å². The highest BCUT2D eigenvalue weighted by atomic mass is 31.2. The molecule has 0 unspecified atom stereocenters. The van der Waals surface area contributed by atoms with Gasteiger partial charge in [-0.2, -0.15) is 0 Å². The molecule has 7 heteroatoms. The molecule has 0 spiro atoms. The van der Waals surface area contributed by atoms with E-state index in [1.165, 1.54) is 0 Å². The second-order valence-electron chi connectivity index (χ2n) is 6.09. The van der Waals surface area contributed by atoms with Gasteiger partial charge in [0, 0.05) is 0 Å². The largest absolute Gasteiger partial charge is 0.304 e. The van der Waals surface area contributed by atoms with Gasteiger partial charge in [0.15, 0.2) is 0 Å². The molecule has 0 aliphatic carbocycles. The van der Waals surface area contributed by atoms with Gasteiger partial charge in [0.2, 0.25) is 11.6 Å². The van der Waals surface area contributed by atoms with E-state index in [0.717, 1.165) is 11.4 Å². The number of aromatic nitrogens is 2. The number of nitrogens with zero attached hydrogens (tertiary/aromatic N) is 4. The van der Waals surface area contributed by atoms with E-state index in [2.05, 4.69) is 10.3 Å². The van der Waals surface area contributed by atoms with Crippen LogP contribution in [0.1, 0.15) is 0 Å². The Bertz CT molecular complexity index is 1050. The monoisotopic (exact) mass is 374 g/mol. The molecule has 0 amide bonds. The third kappa shape index (κ3) is 2.31. The molecule has 0 saturated carbocycles. The van der Waals surface area contributed by atoms with Crippen molar-refractivity contribution in [2.24, 2.45) is 0 Å². The molecule has 0 saturated heterocycles.